The van der Waals surface area contributed by atoms with E-state index in [4.69, 9.17) is 0 Å². The summed E-state index contributed by atoms with van der Waals surface area (Å²) in [7, 11) is 0. The number of fused-ring (bicyclic) bond motifs is 1. The van der Waals surface area contributed by atoms with Crippen LogP contribution in [0, 0.1) is 5.41 Å². The molecule has 0 unspecified atom stereocenters. The van der Waals surface area contributed by atoms with Crippen LogP contribution in [0.2, 0.25) is 0 Å². The second-order valence-electron chi connectivity index (χ2n) is 6.40. The second-order valence-corrected chi connectivity index (χ2v) is 6.40. The molecule has 1 saturated carbocycles. The Balaban J connectivity index is 2.12. The highest BCUT2D eigenvalue weighted by Crippen LogP contribution is 2.45. The van der Waals surface area contributed by atoms with Gasteiger partial charge in [0, 0.05) is 16.5 Å². The Morgan fingerprint density at radius 2 is 1.43 bits per heavy atom. The van der Waals surface area contributed by atoms with Crippen molar-refractivity contribution in [2.45, 2.75) is 45.4 Å². The molecule has 21 heavy (non-hydrogen) atoms. The average molecular weight is 284 g/mol. The molecule has 110 valence electrons. The van der Waals surface area contributed by atoms with Gasteiger partial charge < -0.3 is 5.11 Å². The van der Waals surface area contributed by atoms with Gasteiger partial charge in [-0.25, -0.2) is 0 Å². The molecule has 3 rings (SSSR count). The second kappa shape index (κ2) is 5.14. The summed E-state index contributed by atoms with van der Waals surface area (Å²) in [5.74, 6) is -0.916. The van der Waals surface area contributed by atoms with Crippen molar-refractivity contribution in [2.75, 3.05) is 0 Å². The van der Waals surface area contributed by atoms with E-state index in [1.54, 1.807) is 24.3 Å². The molecular weight excluding hydrogens is 264 g/mol. The van der Waals surface area contributed by atoms with Gasteiger partial charge in [0.1, 0.15) is 0 Å². The number of carbonyl (C=O) groups excluding carboxylic acids is 2. The van der Waals surface area contributed by atoms with Crippen LogP contribution in [0.1, 0.15) is 66.2 Å². The Morgan fingerprint density at radius 3 is 2.00 bits per heavy atom. The lowest BCUT2D eigenvalue weighted by Gasteiger charge is -2.33. The monoisotopic (exact) mass is 284 g/mol. The van der Waals surface area contributed by atoms with Gasteiger partial charge in [-0.1, -0.05) is 56.9 Å². The van der Waals surface area contributed by atoms with Crippen LogP contribution in [0.4, 0.5) is 0 Å². The molecule has 0 atom stereocenters. The van der Waals surface area contributed by atoms with Crippen molar-refractivity contribution in [3.05, 3.63) is 46.7 Å². The molecule has 1 fully saturated rings. The highest BCUT2D eigenvalue weighted by atomic mass is 16.3. The highest BCUT2D eigenvalue weighted by molar-refractivity contribution is 6.26. The third-order valence-corrected chi connectivity index (χ3v) is 4.91. The maximum absolute atomic E-state index is 12.8. The molecule has 1 N–H and O–H groups in total. The summed E-state index contributed by atoms with van der Waals surface area (Å²) in [6, 6.07) is 6.77. The number of allylic oxidation sites excluding steroid dienone is 2. The molecule has 0 saturated heterocycles. The number of rotatable bonds is 1. The fourth-order valence-corrected chi connectivity index (χ4v) is 3.68. The number of hydrogen-bond acceptors (Lipinski definition) is 3. The number of benzene rings is 1. The molecule has 0 aliphatic heterocycles. The van der Waals surface area contributed by atoms with E-state index in [1.165, 1.54) is 0 Å². The molecule has 0 aromatic heterocycles. The van der Waals surface area contributed by atoms with Crippen molar-refractivity contribution >= 4 is 11.6 Å². The van der Waals surface area contributed by atoms with E-state index in [2.05, 4.69) is 0 Å². The lowest BCUT2D eigenvalue weighted by atomic mass is 9.69. The van der Waals surface area contributed by atoms with Crippen molar-refractivity contribution in [1.82, 2.24) is 0 Å². The van der Waals surface area contributed by atoms with E-state index in [9.17, 15) is 14.7 Å². The molecule has 1 aromatic rings. The zero-order valence-corrected chi connectivity index (χ0v) is 12.3. The van der Waals surface area contributed by atoms with Crippen molar-refractivity contribution in [1.29, 1.82) is 0 Å². The summed E-state index contributed by atoms with van der Waals surface area (Å²) in [6.45, 7) is 2.02. The Kier molecular flexibility index (Phi) is 3.44. The molecule has 0 bridgehead atoms. The summed E-state index contributed by atoms with van der Waals surface area (Å²) in [4.78, 5) is 25.2. The maximum atomic E-state index is 12.8. The zero-order valence-electron chi connectivity index (χ0n) is 12.3. The zero-order chi connectivity index (χ0) is 15.0. The van der Waals surface area contributed by atoms with E-state index in [0.29, 0.717) is 16.7 Å². The van der Waals surface area contributed by atoms with Crippen LogP contribution in [-0.2, 0) is 0 Å². The van der Waals surface area contributed by atoms with Crippen molar-refractivity contribution in [2.24, 2.45) is 5.41 Å². The molecule has 0 heterocycles. The van der Waals surface area contributed by atoms with Gasteiger partial charge in [0.15, 0.2) is 11.5 Å². The Labute approximate surface area is 124 Å². The summed E-state index contributed by atoms with van der Waals surface area (Å²) < 4.78 is 0. The minimum Gasteiger partial charge on any atom is -0.504 e. The van der Waals surface area contributed by atoms with Crippen molar-refractivity contribution < 1.29 is 14.7 Å². The van der Waals surface area contributed by atoms with E-state index >= 15 is 0 Å². The largest absolute Gasteiger partial charge is 0.504 e. The molecule has 2 aliphatic carbocycles. The SMILES string of the molecule is CC1(C2=C(O)C(=O)c3ccccc3C2=O)CCCCCC1. The van der Waals surface area contributed by atoms with Crippen LogP contribution in [0.15, 0.2) is 35.6 Å². The predicted octanol–water partition coefficient (Wildman–Crippen LogP) is 4.24. The van der Waals surface area contributed by atoms with Gasteiger partial charge in [-0.05, 0) is 12.8 Å². The lowest BCUT2D eigenvalue weighted by molar-refractivity contribution is 0.0899. The molecule has 2 aliphatic rings. The first-order valence-corrected chi connectivity index (χ1v) is 7.67. The Hall–Kier alpha value is -1.90. The number of aliphatic hydroxyl groups is 1. The van der Waals surface area contributed by atoms with Gasteiger partial charge in [-0.2, -0.15) is 0 Å². The van der Waals surface area contributed by atoms with Crippen LogP contribution >= 0.6 is 0 Å². The third-order valence-electron chi connectivity index (χ3n) is 4.91. The van der Waals surface area contributed by atoms with Crippen molar-refractivity contribution in [3.63, 3.8) is 0 Å². The summed E-state index contributed by atoms with van der Waals surface area (Å²) in [5, 5.41) is 10.4. The van der Waals surface area contributed by atoms with Crippen molar-refractivity contribution in [3.8, 4) is 0 Å². The minimum absolute atomic E-state index is 0.174. The van der Waals surface area contributed by atoms with E-state index < -0.39 is 5.78 Å². The van der Waals surface area contributed by atoms with Gasteiger partial charge in [-0.3, -0.25) is 9.59 Å². The first-order chi connectivity index (χ1) is 10.0. The number of ketones is 2. The smallest absolute Gasteiger partial charge is 0.228 e. The molecule has 1 aromatic carbocycles. The van der Waals surface area contributed by atoms with Crippen LogP contribution in [0.3, 0.4) is 0 Å². The molecular formula is C18H20O3. The maximum Gasteiger partial charge on any atom is 0.228 e. The summed E-state index contributed by atoms with van der Waals surface area (Å²) in [5.41, 5.74) is 0.704. The average Bonchev–Trinajstić information content (AvgIpc) is 2.70. The van der Waals surface area contributed by atoms with Gasteiger partial charge in [0.25, 0.3) is 0 Å². The van der Waals surface area contributed by atoms with E-state index in [1.807, 2.05) is 6.92 Å². The molecule has 0 spiro atoms. The lowest BCUT2D eigenvalue weighted by Crippen LogP contribution is -2.32. The molecule has 0 amide bonds. The number of aliphatic hydroxyl groups excluding tert-OH is 1. The molecule has 3 nitrogen and oxygen atoms in total. The number of Topliss-reactive ketones (excluding diaryl/α,β-unsaturated/α-hetero) is 2. The Bertz CT molecular complexity index is 632. The topological polar surface area (TPSA) is 54.4 Å². The summed E-state index contributed by atoms with van der Waals surface area (Å²) >= 11 is 0. The quantitative estimate of drug-likeness (QED) is 0.785. The first kappa shape index (κ1) is 14.1. The van der Waals surface area contributed by atoms with Gasteiger partial charge >= 0.3 is 0 Å². The fraction of sp³-hybridized carbons (Fsp3) is 0.444. The van der Waals surface area contributed by atoms with Crippen LogP contribution in [0.5, 0.6) is 0 Å². The fourth-order valence-electron chi connectivity index (χ4n) is 3.68. The number of carbonyl (C=O) groups is 2. The molecule has 3 heteroatoms. The number of hydrogen-bond donors (Lipinski definition) is 1. The van der Waals surface area contributed by atoms with E-state index in [0.717, 1.165) is 38.5 Å². The van der Waals surface area contributed by atoms with Crippen LogP contribution in [-0.4, -0.2) is 16.7 Å². The Morgan fingerprint density at radius 1 is 0.905 bits per heavy atom. The predicted molar refractivity (Wildman–Crippen MR) is 80.6 cm³/mol. The van der Waals surface area contributed by atoms with Gasteiger partial charge in [0.05, 0.1) is 5.57 Å². The highest BCUT2D eigenvalue weighted by Gasteiger charge is 2.42. The van der Waals surface area contributed by atoms with Crippen LogP contribution in [0.25, 0.3) is 0 Å². The van der Waals surface area contributed by atoms with Crippen LogP contribution < -0.4 is 0 Å². The normalized spacial score (nSPS) is 22.0. The molecule has 0 radical (unpaired) electrons. The first-order valence-electron chi connectivity index (χ1n) is 7.67. The third kappa shape index (κ3) is 2.21. The van der Waals surface area contributed by atoms with Gasteiger partial charge in [-0.15, -0.1) is 0 Å². The van der Waals surface area contributed by atoms with E-state index in [-0.39, 0.29) is 17.0 Å². The standard InChI is InChI=1S/C18H20O3/c1-18(10-6-2-3-7-11-18)14-15(19)12-8-4-5-9-13(12)16(20)17(14)21/h4-5,8-9,21H,2-3,6-7,10-11H2,1H3. The summed E-state index contributed by atoms with van der Waals surface area (Å²) in [6.07, 6.45) is 6.10. The van der Waals surface area contributed by atoms with Gasteiger partial charge in [0.2, 0.25) is 5.78 Å². The minimum atomic E-state index is -0.411.